The van der Waals surface area contributed by atoms with E-state index in [4.69, 9.17) is 16.3 Å². The normalized spacial score (nSPS) is 10.6. The van der Waals surface area contributed by atoms with Crippen molar-refractivity contribution in [1.82, 2.24) is 5.32 Å². The fraction of sp³-hybridized carbons (Fsp3) is 0.250. The molecule has 106 valence electrons. The van der Waals surface area contributed by atoms with Gasteiger partial charge >= 0.3 is 0 Å². The lowest BCUT2D eigenvalue weighted by molar-refractivity contribution is 0.414. The zero-order valence-electron chi connectivity index (χ0n) is 11.3. The zero-order valence-corrected chi connectivity index (χ0v) is 13.7. The number of ether oxygens (including phenoxy) is 1. The summed E-state index contributed by atoms with van der Waals surface area (Å²) in [6, 6.07) is 14.3. The van der Waals surface area contributed by atoms with E-state index in [0.29, 0.717) is 5.88 Å². The van der Waals surface area contributed by atoms with Crippen molar-refractivity contribution in [3.8, 4) is 5.75 Å². The van der Waals surface area contributed by atoms with E-state index in [-0.39, 0.29) is 0 Å². The Morgan fingerprint density at radius 2 is 1.75 bits per heavy atom. The number of hydrogen-bond donors (Lipinski definition) is 1. The third-order valence-electron chi connectivity index (χ3n) is 3.07. The average Bonchev–Trinajstić information content (AvgIpc) is 2.50. The number of benzene rings is 2. The fourth-order valence-corrected chi connectivity index (χ4v) is 2.47. The maximum Gasteiger partial charge on any atom is 0.119 e. The van der Waals surface area contributed by atoms with Crippen LogP contribution in [-0.2, 0) is 19.0 Å². The third-order valence-corrected chi connectivity index (χ3v) is 4.16. The monoisotopic (exact) mass is 353 g/mol. The second-order valence-electron chi connectivity index (χ2n) is 4.51. The number of rotatable bonds is 6. The fourth-order valence-electron chi connectivity index (χ4n) is 1.90. The molecule has 0 radical (unpaired) electrons. The van der Waals surface area contributed by atoms with Crippen LogP contribution >= 0.6 is 27.5 Å². The van der Waals surface area contributed by atoms with Gasteiger partial charge in [-0.25, -0.2) is 0 Å². The zero-order chi connectivity index (χ0) is 14.4. The lowest BCUT2D eigenvalue weighted by Crippen LogP contribution is -2.13. The molecule has 0 unspecified atom stereocenters. The summed E-state index contributed by atoms with van der Waals surface area (Å²) in [7, 11) is 1.68. The maximum absolute atomic E-state index is 5.78. The summed E-state index contributed by atoms with van der Waals surface area (Å²) in [6.45, 7) is 1.61. The molecule has 0 saturated carbocycles. The van der Waals surface area contributed by atoms with E-state index in [1.165, 1.54) is 11.1 Å². The first kappa shape index (κ1) is 15.4. The van der Waals surface area contributed by atoms with E-state index in [0.717, 1.165) is 28.9 Å². The van der Waals surface area contributed by atoms with E-state index in [2.05, 4.69) is 45.5 Å². The van der Waals surface area contributed by atoms with E-state index >= 15 is 0 Å². The Bertz CT molecular complexity index is 557. The molecule has 0 spiro atoms. The minimum Gasteiger partial charge on any atom is -0.497 e. The Balaban J connectivity index is 1.91. The number of hydrogen-bond acceptors (Lipinski definition) is 2. The van der Waals surface area contributed by atoms with Crippen molar-refractivity contribution >= 4 is 27.5 Å². The molecule has 0 bridgehead atoms. The van der Waals surface area contributed by atoms with Gasteiger partial charge in [-0.15, -0.1) is 11.6 Å². The standard InChI is InChI=1S/C16H17BrClNO/c1-20-15-6-7-16(17)14(8-15)11-19-10-13-4-2-12(9-18)3-5-13/h2-8,19H,9-11H2,1H3. The highest BCUT2D eigenvalue weighted by atomic mass is 79.9. The quantitative estimate of drug-likeness (QED) is 0.772. The molecule has 0 aliphatic carbocycles. The molecule has 20 heavy (non-hydrogen) atoms. The summed E-state index contributed by atoms with van der Waals surface area (Å²) < 4.78 is 6.33. The van der Waals surface area contributed by atoms with Crippen molar-refractivity contribution in [3.63, 3.8) is 0 Å². The van der Waals surface area contributed by atoms with Crippen molar-refractivity contribution in [2.24, 2.45) is 0 Å². The Morgan fingerprint density at radius 3 is 2.40 bits per heavy atom. The number of alkyl halides is 1. The highest BCUT2D eigenvalue weighted by Crippen LogP contribution is 2.22. The largest absolute Gasteiger partial charge is 0.497 e. The molecular weight excluding hydrogens is 338 g/mol. The molecule has 2 aromatic rings. The van der Waals surface area contributed by atoms with Crippen LogP contribution in [0, 0.1) is 0 Å². The molecule has 2 nitrogen and oxygen atoms in total. The molecule has 0 atom stereocenters. The smallest absolute Gasteiger partial charge is 0.119 e. The van der Waals surface area contributed by atoms with Crippen LogP contribution in [0.2, 0.25) is 0 Å². The molecule has 4 heteroatoms. The van der Waals surface area contributed by atoms with Gasteiger partial charge in [-0.3, -0.25) is 0 Å². The Morgan fingerprint density at radius 1 is 1.05 bits per heavy atom. The van der Waals surface area contributed by atoms with Gasteiger partial charge in [-0.1, -0.05) is 40.2 Å². The molecule has 0 amide bonds. The number of nitrogens with one attached hydrogen (secondary N) is 1. The average molecular weight is 355 g/mol. The minimum atomic E-state index is 0.560. The summed E-state index contributed by atoms with van der Waals surface area (Å²) in [5, 5.41) is 3.43. The first-order valence-corrected chi connectivity index (χ1v) is 7.72. The van der Waals surface area contributed by atoms with E-state index in [1.807, 2.05) is 18.2 Å². The van der Waals surface area contributed by atoms with Crippen LogP contribution in [0.1, 0.15) is 16.7 Å². The van der Waals surface area contributed by atoms with Gasteiger partial charge in [0, 0.05) is 23.4 Å². The topological polar surface area (TPSA) is 21.3 Å². The SMILES string of the molecule is COc1ccc(Br)c(CNCc2ccc(CCl)cc2)c1. The molecule has 0 saturated heterocycles. The van der Waals surface area contributed by atoms with Gasteiger partial charge < -0.3 is 10.1 Å². The molecule has 0 aliphatic heterocycles. The molecule has 2 rings (SSSR count). The molecule has 0 aromatic heterocycles. The second-order valence-corrected chi connectivity index (χ2v) is 5.63. The number of halogens is 2. The van der Waals surface area contributed by atoms with Crippen molar-refractivity contribution < 1.29 is 4.74 Å². The molecule has 0 heterocycles. The van der Waals surface area contributed by atoms with E-state index in [9.17, 15) is 0 Å². The van der Waals surface area contributed by atoms with E-state index < -0.39 is 0 Å². The van der Waals surface area contributed by atoms with Gasteiger partial charge in [-0.2, -0.15) is 0 Å². The highest BCUT2D eigenvalue weighted by molar-refractivity contribution is 9.10. The van der Waals surface area contributed by atoms with Crippen LogP contribution < -0.4 is 10.1 Å². The molecule has 0 fully saturated rings. The third kappa shape index (κ3) is 4.23. The van der Waals surface area contributed by atoms with Crippen molar-refractivity contribution in [2.45, 2.75) is 19.0 Å². The summed E-state index contributed by atoms with van der Waals surface area (Å²) in [5.74, 6) is 1.43. The molecule has 0 aliphatic rings. The van der Waals surface area contributed by atoms with Crippen LogP contribution in [0.5, 0.6) is 5.75 Å². The Labute approximate surface area is 133 Å². The Kier molecular flexibility index (Phi) is 5.89. The van der Waals surface area contributed by atoms with Crippen LogP contribution in [-0.4, -0.2) is 7.11 Å². The van der Waals surface area contributed by atoms with Crippen LogP contribution in [0.25, 0.3) is 0 Å². The van der Waals surface area contributed by atoms with Gasteiger partial charge in [0.15, 0.2) is 0 Å². The summed E-state index contributed by atoms with van der Waals surface area (Å²) in [4.78, 5) is 0. The van der Waals surface area contributed by atoms with Crippen molar-refractivity contribution in [2.75, 3.05) is 7.11 Å². The molecule has 2 aromatic carbocycles. The van der Waals surface area contributed by atoms with Crippen LogP contribution in [0.4, 0.5) is 0 Å². The van der Waals surface area contributed by atoms with Crippen LogP contribution in [0.15, 0.2) is 46.9 Å². The summed E-state index contributed by atoms with van der Waals surface area (Å²) in [6.07, 6.45) is 0. The van der Waals surface area contributed by atoms with Crippen LogP contribution in [0.3, 0.4) is 0 Å². The van der Waals surface area contributed by atoms with Gasteiger partial charge in [0.25, 0.3) is 0 Å². The Hall–Kier alpha value is -1.03. The lowest BCUT2D eigenvalue weighted by atomic mass is 10.1. The molecular formula is C16H17BrClNO. The van der Waals surface area contributed by atoms with Gasteiger partial charge in [0.2, 0.25) is 0 Å². The van der Waals surface area contributed by atoms with Gasteiger partial charge in [-0.05, 0) is 34.9 Å². The first-order chi connectivity index (χ1) is 9.72. The van der Waals surface area contributed by atoms with Crippen molar-refractivity contribution in [1.29, 1.82) is 0 Å². The van der Waals surface area contributed by atoms with Crippen molar-refractivity contribution in [3.05, 3.63) is 63.6 Å². The minimum absolute atomic E-state index is 0.560. The van der Waals surface area contributed by atoms with Gasteiger partial charge in [0.05, 0.1) is 7.11 Å². The summed E-state index contributed by atoms with van der Waals surface area (Å²) in [5.41, 5.74) is 3.57. The summed E-state index contributed by atoms with van der Waals surface area (Å²) >= 11 is 9.33. The highest BCUT2D eigenvalue weighted by Gasteiger charge is 2.02. The molecule has 1 N–H and O–H groups in total. The number of methoxy groups -OCH3 is 1. The maximum atomic E-state index is 5.78. The van der Waals surface area contributed by atoms with E-state index in [1.54, 1.807) is 7.11 Å². The predicted molar refractivity (Wildman–Crippen MR) is 87.2 cm³/mol. The second kappa shape index (κ2) is 7.67. The first-order valence-electron chi connectivity index (χ1n) is 6.40. The lowest BCUT2D eigenvalue weighted by Gasteiger charge is -2.09. The van der Waals surface area contributed by atoms with Gasteiger partial charge in [0.1, 0.15) is 5.75 Å². The predicted octanol–water partition coefficient (Wildman–Crippen LogP) is 4.49.